The average molecular weight is 512 g/mol. The fraction of sp³-hybridized carbons (Fsp3) is 0.0882. The molecule has 0 saturated heterocycles. The van der Waals surface area contributed by atoms with E-state index in [1.54, 1.807) is 0 Å². The van der Waals surface area contributed by atoms with Gasteiger partial charge in [-0.3, -0.25) is 4.31 Å². The zero-order valence-electron chi connectivity index (χ0n) is 21.8. The summed E-state index contributed by atoms with van der Waals surface area (Å²) < 4.78 is 2.49. The smallest absolute Gasteiger partial charge is 0.0991 e. The molecular formula is C34H29N3S. The van der Waals surface area contributed by atoms with E-state index in [1.807, 2.05) is 12.1 Å². The van der Waals surface area contributed by atoms with Crippen molar-refractivity contribution in [3.63, 3.8) is 0 Å². The number of fused-ring (bicyclic) bond motifs is 3. The van der Waals surface area contributed by atoms with Crippen molar-refractivity contribution in [1.82, 2.24) is 0 Å². The Morgan fingerprint density at radius 2 is 1.26 bits per heavy atom. The van der Waals surface area contributed by atoms with Crippen LogP contribution in [0.15, 0.2) is 120 Å². The molecule has 6 rings (SSSR count). The lowest BCUT2D eigenvalue weighted by atomic mass is 9.96. The first-order valence-corrected chi connectivity index (χ1v) is 15.1. The molecule has 0 saturated carbocycles. The number of anilines is 4. The van der Waals surface area contributed by atoms with Crippen LogP contribution in [0.4, 0.5) is 22.7 Å². The van der Waals surface area contributed by atoms with Crippen LogP contribution in [0.3, 0.4) is 0 Å². The van der Waals surface area contributed by atoms with Gasteiger partial charge in [0, 0.05) is 27.4 Å². The second-order valence-corrected chi connectivity index (χ2v) is 13.3. The molecule has 5 aromatic rings. The molecule has 4 heteroatoms. The summed E-state index contributed by atoms with van der Waals surface area (Å²) in [5.74, 6) is 0. The minimum Gasteiger partial charge on any atom is -0.355 e. The molecule has 0 amide bonds. The van der Waals surface area contributed by atoms with Crippen LogP contribution in [-0.2, 0) is 0 Å². The molecule has 0 spiro atoms. The van der Waals surface area contributed by atoms with Gasteiger partial charge in [-0.15, -0.1) is 10.2 Å². The van der Waals surface area contributed by atoms with E-state index in [2.05, 4.69) is 138 Å². The zero-order chi connectivity index (χ0) is 26.3. The third-order valence-corrected chi connectivity index (χ3v) is 9.92. The SMILES string of the molecule is Cc1ccc(Nc2ccccc2-c2cccc3c2S(C)(C)N(c2ccc(C#N)cc2)c2ccccc2-3)cc1. The fourth-order valence-corrected chi connectivity index (χ4v) is 8.32. The summed E-state index contributed by atoms with van der Waals surface area (Å²) in [4.78, 5) is 1.36. The normalized spacial score (nSPS) is 14.1. The van der Waals surface area contributed by atoms with E-state index < -0.39 is 10.2 Å². The monoisotopic (exact) mass is 511 g/mol. The van der Waals surface area contributed by atoms with E-state index in [1.165, 1.54) is 38.4 Å². The van der Waals surface area contributed by atoms with Crippen LogP contribution in [0.5, 0.6) is 0 Å². The third kappa shape index (κ3) is 4.02. The van der Waals surface area contributed by atoms with Gasteiger partial charge in [-0.05, 0) is 79.1 Å². The number of hydrogen-bond donors (Lipinski definition) is 1. The number of para-hydroxylation sites is 2. The van der Waals surface area contributed by atoms with E-state index in [0.29, 0.717) is 5.56 Å². The second-order valence-electron chi connectivity index (χ2n) is 9.96. The van der Waals surface area contributed by atoms with Gasteiger partial charge in [0.1, 0.15) is 0 Å². The maximum atomic E-state index is 9.37. The van der Waals surface area contributed by atoms with Gasteiger partial charge in [0.15, 0.2) is 0 Å². The highest BCUT2D eigenvalue weighted by Gasteiger charge is 2.37. The zero-order valence-corrected chi connectivity index (χ0v) is 22.6. The number of aryl methyl sites for hydroxylation is 1. The van der Waals surface area contributed by atoms with Crippen molar-refractivity contribution >= 4 is 33.0 Å². The maximum absolute atomic E-state index is 9.37. The lowest BCUT2D eigenvalue weighted by Gasteiger charge is -2.50. The molecule has 0 aliphatic carbocycles. The molecule has 0 fully saturated rings. The summed E-state index contributed by atoms with van der Waals surface area (Å²) in [7, 11) is -1.52. The van der Waals surface area contributed by atoms with Gasteiger partial charge in [-0.1, -0.05) is 72.3 Å². The molecule has 0 atom stereocenters. The van der Waals surface area contributed by atoms with Gasteiger partial charge in [0.2, 0.25) is 0 Å². The van der Waals surface area contributed by atoms with Gasteiger partial charge in [-0.25, -0.2) is 0 Å². The maximum Gasteiger partial charge on any atom is 0.0991 e. The third-order valence-electron chi connectivity index (χ3n) is 7.16. The number of benzene rings is 5. The van der Waals surface area contributed by atoms with Gasteiger partial charge in [0.05, 0.1) is 23.0 Å². The predicted octanol–water partition coefficient (Wildman–Crippen LogP) is 9.43. The van der Waals surface area contributed by atoms with Crippen LogP contribution in [0.2, 0.25) is 0 Å². The molecule has 186 valence electrons. The minimum absolute atomic E-state index is 0.670. The van der Waals surface area contributed by atoms with Crippen molar-refractivity contribution in [2.75, 3.05) is 22.1 Å². The van der Waals surface area contributed by atoms with Crippen LogP contribution in [-0.4, -0.2) is 12.5 Å². The summed E-state index contributed by atoms with van der Waals surface area (Å²) in [5.41, 5.74) is 11.3. The van der Waals surface area contributed by atoms with Crippen molar-refractivity contribution in [3.05, 3.63) is 126 Å². The number of hydrogen-bond acceptors (Lipinski definition) is 3. The Morgan fingerprint density at radius 1 is 0.658 bits per heavy atom. The van der Waals surface area contributed by atoms with Crippen molar-refractivity contribution < 1.29 is 0 Å². The van der Waals surface area contributed by atoms with E-state index >= 15 is 0 Å². The highest BCUT2D eigenvalue weighted by molar-refractivity contribution is 8.34. The highest BCUT2D eigenvalue weighted by Crippen LogP contribution is 2.67. The first kappa shape index (κ1) is 23.9. The van der Waals surface area contributed by atoms with Crippen LogP contribution < -0.4 is 9.62 Å². The molecule has 3 nitrogen and oxygen atoms in total. The Labute approximate surface area is 226 Å². The first-order chi connectivity index (χ1) is 18.5. The quantitative estimate of drug-likeness (QED) is 0.261. The van der Waals surface area contributed by atoms with Gasteiger partial charge < -0.3 is 5.32 Å². The number of nitrogens with zero attached hydrogens (tertiary/aromatic N) is 2. The van der Waals surface area contributed by atoms with E-state index in [9.17, 15) is 5.26 Å². The highest BCUT2D eigenvalue weighted by atomic mass is 32.3. The number of nitrogens with one attached hydrogen (secondary N) is 1. The summed E-state index contributed by atoms with van der Waals surface area (Å²) in [6.45, 7) is 2.11. The lowest BCUT2D eigenvalue weighted by molar-refractivity contribution is 1.30. The van der Waals surface area contributed by atoms with Crippen molar-refractivity contribution in [2.24, 2.45) is 0 Å². The van der Waals surface area contributed by atoms with Crippen molar-refractivity contribution in [2.45, 2.75) is 11.8 Å². The molecule has 38 heavy (non-hydrogen) atoms. The van der Waals surface area contributed by atoms with Crippen molar-refractivity contribution in [1.29, 1.82) is 5.26 Å². The molecule has 5 aromatic carbocycles. The largest absolute Gasteiger partial charge is 0.355 e. The van der Waals surface area contributed by atoms with Gasteiger partial charge in [-0.2, -0.15) is 5.26 Å². The van der Waals surface area contributed by atoms with Crippen LogP contribution in [0.25, 0.3) is 22.3 Å². The van der Waals surface area contributed by atoms with Crippen LogP contribution >= 0.6 is 10.2 Å². The van der Waals surface area contributed by atoms with E-state index in [0.717, 1.165) is 17.1 Å². The fourth-order valence-electron chi connectivity index (χ4n) is 5.41. The molecule has 0 aromatic heterocycles. The van der Waals surface area contributed by atoms with Crippen LogP contribution in [0.1, 0.15) is 11.1 Å². The number of rotatable bonds is 4. The molecule has 1 heterocycles. The molecular weight excluding hydrogens is 482 g/mol. The Balaban J connectivity index is 1.56. The van der Waals surface area contributed by atoms with Gasteiger partial charge >= 0.3 is 0 Å². The first-order valence-electron chi connectivity index (χ1n) is 12.7. The molecule has 0 radical (unpaired) electrons. The summed E-state index contributed by atoms with van der Waals surface area (Å²) in [5, 5.41) is 13.0. The standard InChI is InChI=1S/C34H29N3S/c1-24-15-19-26(20-16-24)36-32-13-6-4-9-28(32)30-11-8-12-31-29-10-5-7-14-33(29)37(38(2,3)34(30)31)27-21-17-25(23-35)18-22-27/h4-22,36H,1-3H3. The Bertz CT molecular complexity index is 1680. The molecule has 0 unspecified atom stereocenters. The van der Waals surface area contributed by atoms with Gasteiger partial charge in [0.25, 0.3) is 0 Å². The predicted molar refractivity (Wildman–Crippen MR) is 163 cm³/mol. The summed E-state index contributed by atoms with van der Waals surface area (Å²) in [6.07, 6.45) is 4.75. The molecule has 1 aliphatic rings. The Hall–Kier alpha value is -4.46. The lowest BCUT2D eigenvalue weighted by Crippen LogP contribution is -2.26. The molecule has 0 bridgehead atoms. The van der Waals surface area contributed by atoms with E-state index in [-0.39, 0.29) is 0 Å². The van der Waals surface area contributed by atoms with Crippen molar-refractivity contribution in [3.8, 4) is 28.3 Å². The Kier molecular flexibility index (Phi) is 5.94. The van der Waals surface area contributed by atoms with E-state index in [4.69, 9.17) is 0 Å². The minimum atomic E-state index is -1.52. The average Bonchev–Trinajstić information content (AvgIpc) is 2.94. The van der Waals surface area contributed by atoms with Crippen LogP contribution in [0, 0.1) is 18.3 Å². The summed E-state index contributed by atoms with van der Waals surface area (Å²) >= 11 is 0. The Morgan fingerprint density at radius 3 is 1.97 bits per heavy atom. The molecule has 1 N–H and O–H groups in total. The topological polar surface area (TPSA) is 39.1 Å². The second kappa shape index (κ2) is 9.45. The number of nitriles is 1. The summed E-state index contributed by atoms with van der Waals surface area (Å²) in [6, 6.07) is 42.7. The molecule has 1 aliphatic heterocycles.